The summed E-state index contributed by atoms with van der Waals surface area (Å²) in [4.78, 5) is 47.3. The third-order valence-corrected chi connectivity index (χ3v) is 6.09. The smallest absolute Gasteiger partial charge is 0.341 e. The van der Waals surface area contributed by atoms with Crippen LogP contribution in [0.4, 0.5) is 16.4 Å². The monoisotopic (exact) mass is 447 g/mol. The van der Waals surface area contributed by atoms with Crippen molar-refractivity contribution in [1.29, 1.82) is 0 Å². The Kier molecular flexibility index (Phi) is 6.34. The number of non-ortho nitro benzene ring substituents is 1. The van der Waals surface area contributed by atoms with E-state index in [-0.39, 0.29) is 22.2 Å². The maximum absolute atomic E-state index is 12.9. The van der Waals surface area contributed by atoms with Crippen molar-refractivity contribution in [3.8, 4) is 0 Å². The van der Waals surface area contributed by atoms with E-state index in [0.29, 0.717) is 12.3 Å². The van der Waals surface area contributed by atoms with Gasteiger partial charge in [-0.25, -0.2) is 4.79 Å². The molecule has 0 spiro atoms. The number of hydrogen-bond acceptors (Lipinski definition) is 8. The second-order valence-electron chi connectivity index (χ2n) is 7.68. The molecular formula is C20H21N3O7S. The first kappa shape index (κ1) is 22.3. The Hall–Kier alpha value is -3.34. The molecule has 0 saturated carbocycles. The van der Waals surface area contributed by atoms with Gasteiger partial charge in [0, 0.05) is 10.9 Å². The van der Waals surface area contributed by atoms with Crippen LogP contribution in [0.15, 0.2) is 18.2 Å². The van der Waals surface area contributed by atoms with Crippen LogP contribution in [0.5, 0.6) is 0 Å². The number of nitrogens with zero attached hydrogens (tertiary/aromatic N) is 2. The molecule has 1 aliphatic carbocycles. The lowest BCUT2D eigenvalue weighted by molar-refractivity contribution is -0.394. The van der Waals surface area contributed by atoms with Gasteiger partial charge >= 0.3 is 5.97 Å². The normalized spacial score (nSPS) is 15.3. The predicted octanol–water partition coefficient (Wildman–Crippen LogP) is 4.51. The molecule has 164 valence electrons. The molecule has 0 unspecified atom stereocenters. The summed E-state index contributed by atoms with van der Waals surface area (Å²) in [5.41, 5.74) is -0.405. The highest BCUT2D eigenvalue weighted by Crippen LogP contribution is 2.40. The van der Waals surface area contributed by atoms with Crippen LogP contribution in [0.2, 0.25) is 0 Å². The van der Waals surface area contributed by atoms with Crippen molar-refractivity contribution in [3.63, 3.8) is 0 Å². The molecule has 1 N–H and O–H groups in total. The van der Waals surface area contributed by atoms with E-state index < -0.39 is 33.1 Å². The van der Waals surface area contributed by atoms with Crippen LogP contribution < -0.4 is 5.32 Å². The van der Waals surface area contributed by atoms with Crippen molar-refractivity contribution in [2.45, 2.75) is 46.1 Å². The third-order valence-electron chi connectivity index (χ3n) is 4.92. The van der Waals surface area contributed by atoms with Crippen molar-refractivity contribution in [1.82, 2.24) is 0 Å². The Labute approximate surface area is 181 Å². The Morgan fingerprint density at radius 3 is 2.55 bits per heavy atom. The van der Waals surface area contributed by atoms with Crippen LogP contribution in [0, 0.1) is 26.1 Å². The average Bonchev–Trinajstić information content (AvgIpc) is 3.03. The van der Waals surface area contributed by atoms with E-state index in [2.05, 4.69) is 12.2 Å². The minimum absolute atomic E-state index is 0.266. The molecule has 2 aromatic rings. The van der Waals surface area contributed by atoms with E-state index in [1.54, 1.807) is 13.8 Å². The molecule has 31 heavy (non-hydrogen) atoms. The predicted molar refractivity (Wildman–Crippen MR) is 114 cm³/mol. The fourth-order valence-electron chi connectivity index (χ4n) is 3.47. The van der Waals surface area contributed by atoms with E-state index in [4.69, 9.17) is 4.74 Å². The van der Waals surface area contributed by atoms with Gasteiger partial charge in [0.25, 0.3) is 17.3 Å². The lowest BCUT2D eigenvalue weighted by Crippen LogP contribution is -2.19. The van der Waals surface area contributed by atoms with Gasteiger partial charge in [0.2, 0.25) is 0 Å². The fourth-order valence-corrected chi connectivity index (χ4v) is 4.87. The average molecular weight is 447 g/mol. The van der Waals surface area contributed by atoms with E-state index in [9.17, 15) is 29.8 Å². The summed E-state index contributed by atoms with van der Waals surface area (Å²) in [6.07, 6.45) is 1.97. The maximum atomic E-state index is 12.9. The summed E-state index contributed by atoms with van der Waals surface area (Å²) in [6, 6.07) is 2.80. The molecule has 1 heterocycles. The number of thiophene rings is 1. The summed E-state index contributed by atoms with van der Waals surface area (Å²) in [5.74, 6) is -0.957. The minimum atomic E-state index is -0.850. The summed E-state index contributed by atoms with van der Waals surface area (Å²) in [5, 5.41) is 25.2. The lowest BCUT2D eigenvalue weighted by atomic mass is 9.88. The molecule has 3 rings (SSSR count). The lowest BCUT2D eigenvalue weighted by Gasteiger charge is -2.18. The minimum Gasteiger partial charge on any atom is -0.459 e. The van der Waals surface area contributed by atoms with Gasteiger partial charge in [0.05, 0.1) is 27.6 Å². The number of esters is 1. The number of rotatable bonds is 6. The highest BCUT2D eigenvalue weighted by atomic mass is 32.1. The Morgan fingerprint density at radius 1 is 1.23 bits per heavy atom. The second kappa shape index (κ2) is 8.80. The first-order valence-corrected chi connectivity index (χ1v) is 10.5. The zero-order valence-electron chi connectivity index (χ0n) is 17.2. The van der Waals surface area contributed by atoms with Crippen molar-refractivity contribution >= 4 is 39.6 Å². The summed E-state index contributed by atoms with van der Waals surface area (Å²) < 4.78 is 5.35. The number of hydrogen-bond donors (Lipinski definition) is 1. The van der Waals surface area contributed by atoms with Crippen LogP contribution in [0.1, 0.15) is 58.3 Å². The van der Waals surface area contributed by atoms with Crippen molar-refractivity contribution in [2.24, 2.45) is 5.92 Å². The standard InChI is InChI=1S/C20H21N3O7S/c1-10(2)30-20(25)17-14-6-4-11(3)8-16(14)31-19(17)21-18(24)13-7-5-12(22(26)27)9-15(13)23(28)29/h5,7,9-11H,4,6,8H2,1-3H3,(H,21,24)/t11-/m0/s1. The van der Waals surface area contributed by atoms with E-state index in [1.165, 1.54) is 11.3 Å². The maximum Gasteiger partial charge on any atom is 0.341 e. The van der Waals surface area contributed by atoms with E-state index in [0.717, 1.165) is 41.5 Å². The second-order valence-corrected chi connectivity index (χ2v) is 8.78. The Balaban J connectivity index is 2.01. The first-order valence-electron chi connectivity index (χ1n) is 9.68. The molecule has 10 nitrogen and oxygen atoms in total. The van der Waals surface area contributed by atoms with E-state index >= 15 is 0 Å². The number of fused-ring (bicyclic) bond motifs is 1. The van der Waals surface area contributed by atoms with Crippen molar-refractivity contribution < 1.29 is 24.2 Å². The molecule has 0 aliphatic heterocycles. The Bertz CT molecular complexity index is 1080. The van der Waals surface area contributed by atoms with Crippen LogP contribution in [0.25, 0.3) is 0 Å². The topological polar surface area (TPSA) is 142 Å². The molecule has 1 atom stereocenters. The fraction of sp³-hybridized carbons (Fsp3) is 0.400. The number of anilines is 1. The van der Waals surface area contributed by atoms with Gasteiger partial charge in [-0.3, -0.25) is 25.0 Å². The molecule has 1 amide bonds. The molecule has 1 aliphatic rings. The number of carbonyl (C=O) groups is 2. The van der Waals surface area contributed by atoms with Crippen molar-refractivity contribution in [3.05, 3.63) is 60.0 Å². The van der Waals surface area contributed by atoms with Crippen LogP contribution in [-0.2, 0) is 17.6 Å². The molecule has 0 bridgehead atoms. The first-order chi connectivity index (χ1) is 14.6. The van der Waals surface area contributed by atoms with Gasteiger partial charge in [-0.15, -0.1) is 11.3 Å². The number of ether oxygens (including phenoxy) is 1. The highest BCUT2D eigenvalue weighted by molar-refractivity contribution is 7.17. The van der Waals surface area contributed by atoms with Gasteiger partial charge in [-0.1, -0.05) is 6.92 Å². The quantitative estimate of drug-likeness (QED) is 0.390. The number of carbonyl (C=O) groups excluding carboxylic acids is 2. The molecule has 0 radical (unpaired) electrons. The zero-order valence-corrected chi connectivity index (χ0v) is 18.0. The van der Waals surface area contributed by atoms with Gasteiger partial charge in [-0.2, -0.15) is 0 Å². The van der Waals surface area contributed by atoms with Gasteiger partial charge in [0.1, 0.15) is 10.6 Å². The largest absolute Gasteiger partial charge is 0.459 e. The van der Waals surface area contributed by atoms with Gasteiger partial charge < -0.3 is 10.1 Å². The van der Waals surface area contributed by atoms with Crippen LogP contribution in [-0.4, -0.2) is 27.8 Å². The van der Waals surface area contributed by atoms with Crippen LogP contribution >= 0.6 is 11.3 Å². The summed E-state index contributed by atoms with van der Waals surface area (Å²) in [7, 11) is 0. The van der Waals surface area contributed by atoms with Gasteiger partial charge in [-0.05, 0) is 50.7 Å². The molecular weight excluding hydrogens is 426 g/mol. The van der Waals surface area contributed by atoms with Crippen LogP contribution in [0.3, 0.4) is 0 Å². The third kappa shape index (κ3) is 4.71. The number of amides is 1. The summed E-state index contributed by atoms with van der Waals surface area (Å²) >= 11 is 1.26. The van der Waals surface area contributed by atoms with Gasteiger partial charge in [0.15, 0.2) is 0 Å². The number of nitro groups is 2. The molecule has 0 saturated heterocycles. The Morgan fingerprint density at radius 2 is 1.94 bits per heavy atom. The number of nitrogens with one attached hydrogen (secondary N) is 1. The highest BCUT2D eigenvalue weighted by Gasteiger charge is 2.31. The molecule has 0 fully saturated rings. The van der Waals surface area contributed by atoms with Crippen molar-refractivity contribution in [2.75, 3.05) is 5.32 Å². The number of nitro benzene ring substituents is 2. The molecule has 11 heteroatoms. The summed E-state index contributed by atoms with van der Waals surface area (Å²) in [6.45, 7) is 5.54. The number of benzene rings is 1. The zero-order chi connectivity index (χ0) is 22.9. The molecule has 1 aromatic heterocycles. The SMILES string of the molecule is CC(C)OC(=O)c1c(NC(=O)c2ccc([N+](=O)[O-])cc2[N+](=O)[O-])sc2c1CC[C@H](C)C2. The molecule has 1 aromatic carbocycles. The van der Waals surface area contributed by atoms with E-state index in [1.807, 2.05) is 0 Å².